The zero-order chi connectivity index (χ0) is 16.0. The smallest absolute Gasteiger partial charge is 0.326 e. The maximum absolute atomic E-state index is 11.6. The second-order valence-electron chi connectivity index (χ2n) is 4.87. The van der Waals surface area contributed by atoms with Gasteiger partial charge in [0.05, 0.1) is 11.5 Å². The number of hydrogen-bond acceptors (Lipinski definition) is 5. The Labute approximate surface area is 121 Å². The Kier molecular flexibility index (Phi) is 5.94. The van der Waals surface area contributed by atoms with Gasteiger partial charge in [0.1, 0.15) is 15.9 Å². The Bertz CT molecular complexity index is 503. The van der Waals surface area contributed by atoms with Crippen molar-refractivity contribution in [2.45, 2.75) is 37.8 Å². The number of nitrogens with one attached hydrogen (secondary N) is 2. The number of urea groups is 1. The normalized spacial score (nSPS) is 19.4. The molecule has 0 bridgehead atoms. The van der Waals surface area contributed by atoms with Crippen LogP contribution in [0.2, 0.25) is 0 Å². The SMILES string of the molecule is O=C(O)CC[C@H](NC(=O)NC1CCS(=O)(=O)CC1)C(=O)O. The van der Waals surface area contributed by atoms with E-state index >= 15 is 0 Å². The summed E-state index contributed by atoms with van der Waals surface area (Å²) in [5.74, 6) is -2.50. The highest BCUT2D eigenvalue weighted by Crippen LogP contribution is 2.12. The molecule has 1 aliphatic rings. The Hall–Kier alpha value is -1.84. The third-order valence-electron chi connectivity index (χ3n) is 3.14. The molecule has 0 unspecified atom stereocenters. The molecule has 0 aromatic heterocycles. The average Bonchev–Trinajstić information content (AvgIpc) is 2.36. The molecule has 0 spiro atoms. The predicted octanol–water partition coefficient (Wildman–Crippen LogP) is -0.819. The molecule has 0 saturated carbocycles. The first-order chi connectivity index (χ1) is 9.69. The Morgan fingerprint density at radius 1 is 1.14 bits per heavy atom. The minimum absolute atomic E-state index is 0.0146. The molecule has 10 heteroatoms. The molecule has 4 N–H and O–H groups in total. The lowest BCUT2D eigenvalue weighted by molar-refractivity contribution is -0.140. The van der Waals surface area contributed by atoms with Crippen molar-refractivity contribution in [3.8, 4) is 0 Å². The highest BCUT2D eigenvalue weighted by molar-refractivity contribution is 7.91. The van der Waals surface area contributed by atoms with E-state index in [0.717, 1.165) is 0 Å². The van der Waals surface area contributed by atoms with Crippen LogP contribution < -0.4 is 10.6 Å². The van der Waals surface area contributed by atoms with Crippen LogP contribution in [0.3, 0.4) is 0 Å². The Balaban J connectivity index is 2.43. The lowest BCUT2D eigenvalue weighted by Gasteiger charge is -2.24. The summed E-state index contributed by atoms with van der Waals surface area (Å²) in [7, 11) is -3.04. The zero-order valence-electron chi connectivity index (χ0n) is 11.2. The van der Waals surface area contributed by atoms with E-state index in [-0.39, 0.29) is 43.2 Å². The molecule has 0 aromatic carbocycles. The second-order valence-corrected chi connectivity index (χ2v) is 7.17. The van der Waals surface area contributed by atoms with Crippen molar-refractivity contribution in [1.82, 2.24) is 10.6 Å². The van der Waals surface area contributed by atoms with Crippen LogP contribution in [0.5, 0.6) is 0 Å². The monoisotopic (exact) mass is 322 g/mol. The van der Waals surface area contributed by atoms with Gasteiger partial charge in [0, 0.05) is 12.5 Å². The van der Waals surface area contributed by atoms with Crippen LogP contribution in [0, 0.1) is 0 Å². The molecular weight excluding hydrogens is 304 g/mol. The van der Waals surface area contributed by atoms with E-state index in [1.54, 1.807) is 0 Å². The third kappa shape index (κ3) is 6.43. The molecule has 1 atom stereocenters. The van der Waals surface area contributed by atoms with E-state index in [1.165, 1.54) is 0 Å². The van der Waals surface area contributed by atoms with Crippen LogP contribution in [0.25, 0.3) is 0 Å². The molecule has 21 heavy (non-hydrogen) atoms. The largest absolute Gasteiger partial charge is 0.481 e. The third-order valence-corrected chi connectivity index (χ3v) is 4.86. The van der Waals surface area contributed by atoms with Crippen molar-refractivity contribution >= 4 is 27.8 Å². The van der Waals surface area contributed by atoms with Gasteiger partial charge in [-0.05, 0) is 19.3 Å². The molecular formula is C11H18N2O7S. The number of carbonyl (C=O) groups is 3. The lowest BCUT2D eigenvalue weighted by atomic mass is 10.1. The summed E-state index contributed by atoms with van der Waals surface area (Å²) in [6.45, 7) is 0. The van der Waals surface area contributed by atoms with E-state index in [1.807, 2.05) is 0 Å². The highest BCUT2D eigenvalue weighted by atomic mass is 32.2. The van der Waals surface area contributed by atoms with Gasteiger partial charge in [-0.15, -0.1) is 0 Å². The predicted molar refractivity (Wildman–Crippen MR) is 71.6 cm³/mol. The first kappa shape index (κ1) is 17.2. The van der Waals surface area contributed by atoms with E-state index in [9.17, 15) is 22.8 Å². The van der Waals surface area contributed by atoms with Crippen molar-refractivity contribution in [3.63, 3.8) is 0 Å². The average molecular weight is 322 g/mol. The minimum atomic E-state index is -3.04. The van der Waals surface area contributed by atoms with Crippen molar-refractivity contribution in [2.75, 3.05) is 11.5 Å². The van der Waals surface area contributed by atoms with Crippen LogP contribution in [0.15, 0.2) is 0 Å². The fourth-order valence-electron chi connectivity index (χ4n) is 1.94. The Morgan fingerprint density at radius 3 is 2.19 bits per heavy atom. The zero-order valence-corrected chi connectivity index (χ0v) is 12.1. The molecule has 9 nitrogen and oxygen atoms in total. The number of rotatable bonds is 6. The lowest BCUT2D eigenvalue weighted by Crippen LogP contribution is -2.50. The molecule has 1 heterocycles. The number of hydrogen-bond donors (Lipinski definition) is 4. The highest BCUT2D eigenvalue weighted by Gasteiger charge is 2.26. The molecule has 0 radical (unpaired) electrons. The van der Waals surface area contributed by atoms with Gasteiger partial charge in [-0.2, -0.15) is 0 Å². The fourth-order valence-corrected chi connectivity index (χ4v) is 3.44. The van der Waals surface area contributed by atoms with Gasteiger partial charge in [0.25, 0.3) is 0 Å². The molecule has 0 aliphatic carbocycles. The van der Waals surface area contributed by atoms with Gasteiger partial charge < -0.3 is 20.8 Å². The maximum atomic E-state index is 11.6. The minimum Gasteiger partial charge on any atom is -0.481 e. The number of carbonyl (C=O) groups excluding carboxylic acids is 1. The topological polar surface area (TPSA) is 150 Å². The summed E-state index contributed by atoms with van der Waals surface area (Å²) < 4.78 is 22.5. The quantitative estimate of drug-likeness (QED) is 0.499. The van der Waals surface area contributed by atoms with E-state index in [0.29, 0.717) is 0 Å². The Morgan fingerprint density at radius 2 is 1.71 bits per heavy atom. The van der Waals surface area contributed by atoms with Crippen LogP contribution in [-0.2, 0) is 19.4 Å². The fraction of sp³-hybridized carbons (Fsp3) is 0.727. The summed E-state index contributed by atoms with van der Waals surface area (Å²) in [6.07, 6.45) is -0.0404. The van der Waals surface area contributed by atoms with E-state index in [2.05, 4.69) is 10.6 Å². The molecule has 1 rings (SSSR count). The van der Waals surface area contributed by atoms with Gasteiger partial charge in [0.2, 0.25) is 0 Å². The second kappa shape index (κ2) is 7.25. The summed E-state index contributed by atoms with van der Waals surface area (Å²) in [5.41, 5.74) is 0. The van der Waals surface area contributed by atoms with Gasteiger partial charge in [-0.3, -0.25) is 4.79 Å². The standard InChI is InChI=1S/C11H18N2O7S/c14-9(15)2-1-8(10(16)17)13-11(18)12-7-3-5-21(19,20)6-4-7/h7-8H,1-6H2,(H,14,15)(H,16,17)(H2,12,13,18)/t8-/m0/s1. The van der Waals surface area contributed by atoms with Gasteiger partial charge in [-0.1, -0.05) is 0 Å². The first-order valence-electron chi connectivity index (χ1n) is 6.41. The van der Waals surface area contributed by atoms with Crippen molar-refractivity contribution in [2.24, 2.45) is 0 Å². The number of sulfone groups is 1. The van der Waals surface area contributed by atoms with Gasteiger partial charge in [0.15, 0.2) is 0 Å². The summed E-state index contributed by atoms with van der Waals surface area (Å²) >= 11 is 0. The van der Waals surface area contributed by atoms with Crippen molar-refractivity contribution in [3.05, 3.63) is 0 Å². The maximum Gasteiger partial charge on any atom is 0.326 e. The van der Waals surface area contributed by atoms with Crippen LogP contribution in [-0.4, -0.2) is 60.2 Å². The van der Waals surface area contributed by atoms with Crippen LogP contribution in [0.4, 0.5) is 4.79 Å². The van der Waals surface area contributed by atoms with E-state index < -0.39 is 33.8 Å². The molecule has 0 aromatic rings. The summed E-state index contributed by atoms with van der Waals surface area (Å²) in [4.78, 5) is 33.0. The molecule has 120 valence electrons. The number of aliphatic carboxylic acids is 2. The number of carboxylic acid groups (broad SMARTS) is 2. The number of carboxylic acids is 2. The summed E-state index contributed by atoms with van der Waals surface area (Å²) in [6, 6.07) is -2.37. The number of amides is 2. The van der Waals surface area contributed by atoms with Crippen LogP contribution >= 0.6 is 0 Å². The molecule has 2 amide bonds. The molecule has 1 aliphatic heterocycles. The van der Waals surface area contributed by atoms with E-state index in [4.69, 9.17) is 10.2 Å². The van der Waals surface area contributed by atoms with Gasteiger partial charge >= 0.3 is 18.0 Å². The molecule has 1 saturated heterocycles. The van der Waals surface area contributed by atoms with Gasteiger partial charge in [-0.25, -0.2) is 18.0 Å². The van der Waals surface area contributed by atoms with Crippen LogP contribution in [0.1, 0.15) is 25.7 Å². The van der Waals surface area contributed by atoms with Crippen molar-refractivity contribution < 1.29 is 33.0 Å². The first-order valence-corrected chi connectivity index (χ1v) is 8.24. The molecule has 1 fully saturated rings. The summed E-state index contributed by atoms with van der Waals surface area (Å²) in [5, 5.41) is 22.1. The van der Waals surface area contributed by atoms with Crippen molar-refractivity contribution in [1.29, 1.82) is 0 Å².